The van der Waals surface area contributed by atoms with Gasteiger partial charge in [-0.25, -0.2) is 0 Å². The maximum Gasteiger partial charge on any atom is 1.00 e. The van der Waals surface area contributed by atoms with Gasteiger partial charge in [-0.15, -0.1) is 11.8 Å². The molecule has 1 saturated heterocycles. The molecule has 2 aliphatic rings. The average Bonchev–Trinajstić information content (AvgIpc) is 2.58. The average molecular weight is 370 g/mol. The van der Waals surface area contributed by atoms with Crippen molar-refractivity contribution in [1.29, 1.82) is 0 Å². The summed E-state index contributed by atoms with van der Waals surface area (Å²) in [6.45, 7) is 0. The van der Waals surface area contributed by atoms with Gasteiger partial charge in [0, 0.05) is 0 Å². The number of benzene rings is 1. The smallest absolute Gasteiger partial charge is 0.543 e. The maximum atomic E-state index is 12.3. The van der Waals surface area contributed by atoms with E-state index in [4.69, 9.17) is 4.74 Å². The van der Waals surface area contributed by atoms with Crippen LogP contribution >= 0.6 is 11.8 Å². The molecule has 1 aromatic carbocycles. The summed E-state index contributed by atoms with van der Waals surface area (Å²) in [7, 11) is 1.35. The molecule has 2 heterocycles. The first-order valence-electron chi connectivity index (χ1n) is 7.29. The Balaban J connectivity index is 0.00000225. The molecule has 7 nitrogen and oxygen atoms in total. The fraction of sp³-hybridized carbons (Fsp3) is 0.312. The molecule has 0 bridgehead atoms. The standard InChI is InChI=1S/C16H16N2O5S.Na/c1-23-10-8-24-15-12(14(20)18(15)13(10)16(21)22)17-11(19)7-9-5-3-2-4-6-9;/h2-6,12,15H,7-8H2,1H3,(H,17,19)(H,21,22);/q;+1/p-1. The number of carbonyl (C=O) groups excluding carboxylic acids is 3. The van der Waals surface area contributed by atoms with Crippen LogP contribution in [0, 0.1) is 0 Å². The Hall–Kier alpha value is -1.48. The molecule has 0 aliphatic carbocycles. The first-order chi connectivity index (χ1) is 11.5. The first-order valence-corrected chi connectivity index (χ1v) is 8.34. The largest absolute Gasteiger partial charge is 1.00 e. The minimum absolute atomic E-state index is 0. The number of ether oxygens (including phenoxy) is 1. The van der Waals surface area contributed by atoms with E-state index in [1.807, 2.05) is 30.3 Å². The number of nitrogens with zero attached hydrogens (tertiary/aromatic N) is 1. The Morgan fingerprint density at radius 2 is 2.04 bits per heavy atom. The summed E-state index contributed by atoms with van der Waals surface area (Å²) in [4.78, 5) is 36.8. The van der Waals surface area contributed by atoms with E-state index in [0.717, 1.165) is 10.5 Å². The Kier molecular flexibility index (Phi) is 6.56. The molecule has 1 N–H and O–H groups in total. The van der Waals surface area contributed by atoms with Crippen LogP contribution in [-0.4, -0.2) is 47.0 Å². The zero-order chi connectivity index (χ0) is 17.3. The summed E-state index contributed by atoms with van der Waals surface area (Å²) >= 11 is 1.34. The zero-order valence-corrected chi connectivity index (χ0v) is 16.7. The maximum absolute atomic E-state index is 12.3. The van der Waals surface area contributed by atoms with E-state index in [9.17, 15) is 19.5 Å². The van der Waals surface area contributed by atoms with Crippen molar-refractivity contribution in [1.82, 2.24) is 10.2 Å². The topological polar surface area (TPSA) is 98.8 Å². The molecule has 3 rings (SSSR count). The van der Waals surface area contributed by atoms with Crippen molar-refractivity contribution in [2.45, 2.75) is 17.8 Å². The number of carboxylic acid groups (broad SMARTS) is 1. The van der Waals surface area contributed by atoms with E-state index in [-0.39, 0.29) is 53.3 Å². The van der Waals surface area contributed by atoms with Gasteiger partial charge >= 0.3 is 29.6 Å². The Labute approximate surface area is 171 Å². The number of carbonyl (C=O) groups is 3. The third kappa shape index (κ3) is 3.87. The molecule has 2 unspecified atom stereocenters. The van der Waals surface area contributed by atoms with Crippen LogP contribution in [0.25, 0.3) is 0 Å². The van der Waals surface area contributed by atoms with Crippen LogP contribution in [0.3, 0.4) is 0 Å². The van der Waals surface area contributed by atoms with Crippen molar-refractivity contribution >= 4 is 29.5 Å². The molecule has 0 radical (unpaired) electrons. The van der Waals surface area contributed by atoms with Crippen LogP contribution in [0.1, 0.15) is 5.56 Å². The fourth-order valence-corrected chi connectivity index (χ4v) is 4.05. The number of thioether (sulfide) groups is 1. The number of hydrogen-bond donors (Lipinski definition) is 1. The van der Waals surface area contributed by atoms with Gasteiger partial charge < -0.3 is 20.0 Å². The minimum atomic E-state index is -1.46. The number of fused-ring (bicyclic) bond motifs is 1. The molecule has 2 atom stereocenters. The molecule has 2 amide bonds. The Morgan fingerprint density at radius 1 is 1.36 bits per heavy atom. The molecule has 1 fully saturated rings. The van der Waals surface area contributed by atoms with Crippen LogP contribution in [-0.2, 0) is 25.5 Å². The third-order valence-electron chi connectivity index (χ3n) is 3.90. The summed E-state index contributed by atoms with van der Waals surface area (Å²) in [5.74, 6) is -1.71. The van der Waals surface area contributed by atoms with Crippen molar-refractivity contribution in [2.24, 2.45) is 0 Å². The van der Waals surface area contributed by atoms with Gasteiger partial charge in [-0.3, -0.25) is 14.5 Å². The van der Waals surface area contributed by atoms with Crippen LogP contribution in [0.4, 0.5) is 0 Å². The number of carboxylic acids is 1. The summed E-state index contributed by atoms with van der Waals surface area (Å²) in [6.07, 6.45) is 0.161. The van der Waals surface area contributed by atoms with Gasteiger partial charge in [0.1, 0.15) is 22.9 Å². The van der Waals surface area contributed by atoms with Crippen LogP contribution in [0.5, 0.6) is 0 Å². The SMILES string of the molecule is COC1=C(C(=O)[O-])N2C(=O)C(NC(=O)Cc3ccccc3)C2SC1.[Na+]. The number of β-lactam (4-membered cyclic amide) rings is 1. The summed E-state index contributed by atoms with van der Waals surface area (Å²) < 4.78 is 5.02. The molecule has 0 aromatic heterocycles. The van der Waals surface area contributed by atoms with Crippen LogP contribution < -0.4 is 40.0 Å². The first kappa shape index (κ1) is 19.8. The number of aliphatic carboxylic acids is 1. The predicted molar refractivity (Wildman–Crippen MR) is 84.2 cm³/mol. The fourth-order valence-electron chi connectivity index (χ4n) is 2.74. The van der Waals surface area contributed by atoms with Crippen LogP contribution in [0.15, 0.2) is 41.8 Å². The number of methoxy groups -OCH3 is 1. The van der Waals surface area contributed by atoms with Crippen LogP contribution in [0.2, 0.25) is 0 Å². The van der Waals surface area contributed by atoms with E-state index in [2.05, 4.69) is 5.32 Å². The van der Waals surface area contributed by atoms with Crippen molar-refractivity contribution in [3.05, 3.63) is 47.4 Å². The number of hydrogen-bond acceptors (Lipinski definition) is 6. The summed E-state index contributed by atoms with van der Waals surface area (Å²) in [5.41, 5.74) is 0.590. The zero-order valence-electron chi connectivity index (χ0n) is 13.9. The van der Waals surface area contributed by atoms with Gasteiger partial charge in [0.2, 0.25) is 5.91 Å². The quantitative estimate of drug-likeness (QED) is 0.422. The van der Waals surface area contributed by atoms with Gasteiger partial charge in [-0.1, -0.05) is 30.3 Å². The number of nitrogens with one attached hydrogen (secondary N) is 1. The molecular formula is C16H15N2NaO5S. The van der Waals surface area contributed by atoms with Crippen molar-refractivity contribution in [2.75, 3.05) is 12.9 Å². The Morgan fingerprint density at radius 3 is 2.64 bits per heavy atom. The molecule has 1 aromatic rings. The van der Waals surface area contributed by atoms with E-state index >= 15 is 0 Å². The summed E-state index contributed by atoms with van der Waals surface area (Å²) in [6, 6.07) is 8.43. The van der Waals surface area contributed by atoms with E-state index < -0.39 is 23.3 Å². The molecule has 25 heavy (non-hydrogen) atoms. The predicted octanol–water partition coefficient (Wildman–Crippen LogP) is -3.76. The number of rotatable bonds is 5. The van der Waals surface area contributed by atoms with E-state index in [0.29, 0.717) is 5.75 Å². The molecular weight excluding hydrogens is 355 g/mol. The Bertz CT molecular complexity index is 724. The second-order valence-electron chi connectivity index (χ2n) is 5.38. The molecule has 9 heteroatoms. The molecule has 2 aliphatic heterocycles. The van der Waals surface area contributed by atoms with E-state index in [1.165, 1.54) is 18.9 Å². The number of amides is 2. The van der Waals surface area contributed by atoms with Gasteiger partial charge in [-0.05, 0) is 5.56 Å². The molecule has 0 spiro atoms. The van der Waals surface area contributed by atoms with Gasteiger partial charge in [-0.2, -0.15) is 0 Å². The monoisotopic (exact) mass is 370 g/mol. The van der Waals surface area contributed by atoms with Crippen molar-refractivity contribution in [3.63, 3.8) is 0 Å². The third-order valence-corrected chi connectivity index (χ3v) is 5.15. The van der Waals surface area contributed by atoms with Gasteiger partial charge in [0.25, 0.3) is 5.91 Å². The second kappa shape index (κ2) is 8.27. The van der Waals surface area contributed by atoms with Crippen molar-refractivity contribution < 1.29 is 53.8 Å². The molecule has 0 saturated carbocycles. The van der Waals surface area contributed by atoms with Gasteiger partial charge in [0.15, 0.2) is 0 Å². The van der Waals surface area contributed by atoms with Gasteiger partial charge in [0.05, 0.1) is 25.3 Å². The van der Waals surface area contributed by atoms with Crippen molar-refractivity contribution in [3.8, 4) is 0 Å². The minimum Gasteiger partial charge on any atom is -0.543 e. The normalized spacial score (nSPS) is 21.6. The van der Waals surface area contributed by atoms with E-state index in [1.54, 1.807) is 0 Å². The second-order valence-corrected chi connectivity index (χ2v) is 6.49. The molecule has 126 valence electrons. The summed E-state index contributed by atoms with van der Waals surface area (Å²) in [5, 5.41) is 13.5.